The number of aliphatic hydroxyl groups is 2. The summed E-state index contributed by atoms with van der Waals surface area (Å²) in [4.78, 5) is 31.7. The first-order chi connectivity index (χ1) is 27.4. The lowest BCUT2D eigenvalue weighted by Crippen LogP contribution is -2.67. The van der Waals surface area contributed by atoms with Crippen molar-refractivity contribution in [1.29, 1.82) is 0 Å². The van der Waals surface area contributed by atoms with Gasteiger partial charge in [0.15, 0.2) is 17.3 Å². The molecule has 8 nitrogen and oxygen atoms in total. The molecule has 6 aliphatic carbocycles. The van der Waals surface area contributed by atoms with E-state index in [4.69, 9.17) is 14.2 Å². The minimum absolute atomic E-state index is 0.0344. The maximum atomic E-state index is 15.5. The summed E-state index contributed by atoms with van der Waals surface area (Å²) >= 11 is 0. The van der Waals surface area contributed by atoms with Gasteiger partial charge >= 0.3 is 0 Å². The van der Waals surface area contributed by atoms with Crippen LogP contribution in [0, 0.1) is 33.5 Å². The molecule has 0 aromatic heterocycles. The highest BCUT2D eigenvalue weighted by molar-refractivity contribution is 6.14. The van der Waals surface area contributed by atoms with Gasteiger partial charge in [0.05, 0.1) is 32.3 Å². The largest absolute Gasteiger partial charge is 0.493 e. The van der Waals surface area contributed by atoms with E-state index in [1.807, 2.05) is 65.6 Å². The van der Waals surface area contributed by atoms with Gasteiger partial charge in [0.25, 0.3) is 0 Å². The molecule has 3 fully saturated rings. The number of methoxy groups -OCH3 is 3. The number of rotatable bonds is 13. The number of hydrogen-bond donors (Lipinski definition) is 2. The Kier molecular flexibility index (Phi) is 10.3. The molecular formula is C49H59NO7. The van der Waals surface area contributed by atoms with Gasteiger partial charge in [-0.1, -0.05) is 92.7 Å². The number of ketones is 1. The van der Waals surface area contributed by atoms with Crippen LogP contribution in [0.25, 0.3) is 11.1 Å². The van der Waals surface area contributed by atoms with E-state index in [0.717, 1.165) is 54.4 Å². The summed E-state index contributed by atoms with van der Waals surface area (Å²) in [5, 5.41) is 24.4. The van der Waals surface area contributed by atoms with Crippen molar-refractivity contribution in [3.05, 3.63) is 108 Å². The van der Waals surface area contributed by atoms with Crippen LogP contribution in [-0.2, 0) is 16.0 Å². The highest BCUT2D eigenvalue weighted by Gasteiger charge is 2.74. The molecule has 8 heteroatoms. The number of aliphatic hydroxyl groups excluding tert-OH is 1. The van der Waals surface area contributed by atoms with Crippen LogP contribution in [0.1, 0.15) is 81.1 Å². The first-order valence-corrected chi connectivity index (χ1v) is 20.9. The quantitative estimate of drug-likeness (QED) is 0.102. The van der Waals surface area contributed by atoms with E-state index in [9.17, 15) is 15.0 Å². The average molecular weight is 774 g/mol. The first kappa shape index (κ1) is 39.6. The SMILES string of the molecule is COCCCN(C[C@]1(O)CC[C@H]2[C@]34C=C[C@@]5(C=C3C(=O)c3ccccc3-c3ccccc3)CC(O)CC[C@]5(C)[C@H]4CC[C@@]21C)C(=O)Cc1ccc(OC)c(OC)c1. The lowest BCUT2D eigenvalue weighted by Gasteiger charge is -2.71. The predicted molar refractivity (Wildman–Crippen MR) is 221 cm³/mol. The fourth-order valence-corrected chi connectivity index (χ4v) is 12.6. The Bertz CT molecular complexity index is 2080. The zero-order valence-corrected chi connectivity index (χ0v) is 34.3. The number of fused-ring (bicyclic) bond motifs is 1. The molecule has 6 aliphatic rings. The van der Waals surface area contributed by atoms with Gasteiger partial charge in [0.2, 0.25) is 5.91 Å². The molecule has 3 saturated carbocycles. The van der Waals surface area contributed by atoms with Gasteiger partial charge in [-0.25, -0.2) is 0 Å². The van der Waals surface area contributed by atoms with Crippen LogP contribution in [0.4, 0.5) is 0 Å². The van der Waals surface area contributed by atoms with Crippen molar-refractivity contribution in [3.8, 4) is 22.6 Å². The smallest absolute Gasteiger partial charge is 0.227 e. The Morgan fingerprint density at radius 2 is 1.53 bits per heavy atom. The van der Waals surface area contributed by atoms with E-state index in [1.165, 1.54) is 0 Å². The minimum Gasteiger partial charge on any atom is -0.493 e. The Balaban J connectivity index is 1.18. The van der Waals surface area contributed by atoms with Crippen molar-refractivity contribution in [2.45, 2.75) is 83.3 Å². The van der Waals surface area contributed by atoms with Gasteiger partial charge in [-0.3, -0.25) is 9.59 Å². The fourth-order valence-electron chi connectivity index (χ4n) is 12.6. The molecule has 302 valence electrons. The van der Waals surface area contributed by atoms with Crippen LogP contribution in [0.3, 0.4) is 0 Å². The van der Waals surface area contributed by atoms with E-state index < -0.39 is 27.9 Å². The third-order valence-electron chi connectivity index (χ3n) is 15.6. The Morgan fingerprint density at radius 1 is 0.825 bits per heavy atom. The number of amides is 1. The highest BCUT2D eigenvalue weighted by Crippen LogP contribution is 2.78. The molecule has 2 bridgehead atoms. The number of hydrogen-bond acceptors (Lipinski definition) is 7. The van der Waals surface area contributed by atoms with Crippen molar-refractivity contribution >= 4 is 11.7 Å². The van der Waals surface area contributed by atoms with Crippen LogP contribution in [0.5, 0.6) is 11.5 Å². The number of nitrogens with zero attached hydrogens (tertiary/aromatic N) is 1. The summed E-state index contributed by atoms with van der Waals surface area (Å²) in [6.07, 6.45) is 12.5. The minimum atomic E-state index is -1.18. The fraction of sp³-hybridized carbons (Fsp3) is 0.510. The third kappa shape index (κ3) is 6.12. The number of carbonyl (C=O) groups excluding carboxylic acids is 2. The monoisotopic (exact) mass is 773 g/mol. The second-order valence-corrected chi connectivity index (χ2v) is 18.1. The van der Waals surface area contributed by atoms with E-state index in [0.29, 0.717) is 49.5 Å². The van der Waals surface area contributed by atoms with Crippen molar-refractivity contribution in [3.63, 3.8) is 0 Å². The molecule has 1 amide bonds. The standard InChI is InChI=1S/C49H59NO7/c1-45-21-18-35(51)30-47(45)24-25-49(38(31-47)44(53)37-15-10-9-14-36(37)34-12-7-6-8-13-34)41(45)19-22-46(2)42(49)20-23-48(46,54)32-50(26-11-27-55-3)43(52)29-33-16-17-39(56-4)40(28-33)57-5/h6-10,12-17,24-25,28,31,35,41-42,51,54H,11,18-23,26-27,29-30,32H2,1-5H3/t35?,41-,42-,45-,46+,47+,48-,49-/m1/s1. The summed E-state index contributed by atoms with van der Waals surface area (Å²) in [6, 6.07) is 23.6. The van der Waals surface area contributed by atoms with Crippen molar-refractivity contribution < 1.29 is 34.0 Å². The number of allylic oxidation sites excluding steroid dienone is 4. The number of Topliss-reactive ketones (excluding diaryl/α,β-unsaturated/α-hetero) is 1. The maximum Gasteiger partial charge on any atom is 0.227 e. The van der Waals surface area contributed by atoms with Crippen LogP contribution >= 0.6 is 0 Å². The van der Waals surface area contributed by atoms with Crippen molar-refractivity contribution in [1.82, 2.24) is 4.90 Å². The average Bonchev–Trinajstić information content (AvgIpc) is 3.50. The molecule has 2 spiro atoms. The Hall–Kier alpha value is -4.24. The number of carbonyl (C=O) groups is 2. The molecule has 1 unspecified atom stereocenters. The molecule has 9 rings (SSSR count). The Labute approximate surface area is 337 Å². The van der Waals surface area contributed by atoms with Gasteiger partial charge in [0.1, 0.15) is 0 Å². The molecule has 8 atom stereocenters. The molecule has 0 saturated heterocycles. The summed E-state index contributed by atoms with van der Waals surface area (Å²) in [6.45, 7) is 5.81. The summed E-state index contributed by atoms with van der Waals surface area (Å²) in [5.41, 5.74) is 1.27. The molecule has 0 heterocycles. The summed E-state index contributed by atoms with van der Waals surface area (Å²) in [5.74, 6) is 1.28. The predicted octanol–water partition coefficient (Wildman–Crippen LogP) is 8.25. The topological polar surface area (TPSA) is 106 Å². The van der Waals surface area contributed by atoms with Gasteiger partial charge in [-0.15, -0.1) is 0 Å². The lowest BCUT2D eigenvalue weighted by atomic mass is 9.32. The highest BCUT2D eigenvalue weighted by atomic mass is 16.5. The lowest BCUT2D eigenvalue weighted by molar-refractivity contribution is -0.178. The van der Waals surface area contributed by atoms with E-state index >= 15 is 4.79 Å². The molecule has 0 radical (unpaired) electrons. The zero-order valence-electron chi connectivity index (χ0n) is 34.3. The van der Waals surface area contributed by atoms with Crippen LogP contribution in [0.15, 0.2) is 96.6 Å². The second-order valence-electron chi connectivity index (χ2n) is 18.1. The Morgan fingerprint density at radius 3 is 2.28 bits per heavy atom. The molecular weight excluding hydrogens is 715 g/mol. The van der Waals surface area contributed by atoms with Crippen molar-refractivity contribution in [2.75, 3.05) is 41.0 Å². The second kappa shape index (κ2) is 14.9. The third-order valence-corrected chi connectivity index (χ3v) is 15.6. The maximum absolute atomic E-state index is 15.5. The first-order valence-electron chi connectivity index (χ1n) is 20.9. The van der Waals surface area contributed by atoms with Gasteiger partial charge < -0.3 is 29.3 Å². The summed E-state index contributed by atoms with van der Waals surface area (Å²) in [7, 11) is 4.84. The van der Waals surface area contributed by atoms with Crippen molar-refractivity contribution in [2.24, 2.45) is 33.5 Å². The van der Waals surface area contributed by atoms with Crippen LogP contribution in [-0.4, -0.2) is 79.5 Å². The number of benzene rings is 3. The normalized spacial score (nSPS) is 33.5. The molecule has 2 N–H and O–H groups in total. The zero-order chi connectivity index (χ0) is 40.2. The van der Waals surface area contributed by atoms with E-state index in [-0.39, 0.29) is 41.9 Å². The van der Waals surface area contributed by atoms with Gasteiger partial charge in [-0.2, -0.15) is 0 Å². The van der Waals surface area contributed by atoms with Crippen LogP contribution in [0.2, 0.25) is 0 Å². The van der Waals surface area contributed by atoms with Gasteiger partial charge in [-0.05, 0) is 97.4 Å². The molecule has 57 heavy (non-hydrogen) atoms. The molecule has 3 aromatic rings. The van der Waals surface area contributed by atoms with Crippen LogP contribution < -0.4 is 9.47 Å². The van der Waals surface area contributed by atoms with E-state index in [2.05, 4.69) is 44.2 Å². The molecule has 0 aliphatic heterocycles. The number of ether oxygens (including phenoxy) is 3. The molecule has 3 aromatic carbocycles. The van der Waals surface area contributed by atoms with Gasteiger partial charge in [0, 0.05) is 54.2 Å². The summed E-state index contributed by atoms with van der Waals surface area (Å²) < 4.78 is 16.4. The van der Waals surface area contributed by atoms with E-state index in [1.54, 1.807) is 21.3 Å².